The van der Waals surface area contributed by atoms with E-state index in [0.29, 0.717) is 6.61 Å². The lowest BCUT2D eigenvalue weighted by Gasteiger charge is -2.10. The predicted octanol–water partition coefficient (Wildman–Crippen LogP) is 3.18. The highest BCUT2D eigenvalue weighted by Crippen LogP contribution is 2.23. The molecule has 0 unspecified atom stereocenters. The van der Waals surface area contributed by atoms with Crippen molar-refractivity contribution < 1.29 is 9.53 Å². The van der Waals surface area contributed by atoms with Crippen LogP contribution in [0.4, 0.5) is 5.69 Å². The Balaban J connectivity index is 1.50. The Morgan fingerprint density at radius 2 is 2.23 bits per heavy atom. The van der Waals surface area contributed by atoms with E-state index in [1.807, 2.05) is 46.4 Å². The molecular weight excluding hydrogens is 298 g/mol. The van der Waals surface area contributed by atoms with Crippen LogP contribution in [0, 0.1) is 0 Å². The third kappa shape index (κ3) is 2.51. The summed E-state index contributed by atoms with van der Waals surface area (Å²) in [5.41, 5.74) is 2.75. The Kier molecular flexibility index (Phi) is 3.40. The minimum atomic E-state index is -0.306. The van der Waals surface area contributed by atoms with Crippen molar-refractivity contribution in [3.8, 4) is 11.3 Å². The minimum absolute atomic E-state index is 0.0623. The van der Waals surface area contributed by atoms with Crippen LogP contribution in [0.2, 0.25) is 0 Å². The molecule has 5 nitrogen and oxygen atoms in total. The van der Waals surface area contributed by atoms with E-state index in [-0.39, 0.29) is 12.0 Å². The van der Waals surface area contributed by atoms with Crippen molar-refractivity contribution in [3.63, 3.8) is 0 Å². The summed E-state index contributed by atoms with van der Waals surface area (Å²) >= 11 is 1.61. The van der Waals surface area contributed by atoms with E-state index >= 15 is 0 Å². The summed E-state index contributed by atoms with van der Waals surface area (Å²) < 4.78 is 7.39. The fourth-order valence-corrected chi connectivity index (χ4v) is 3.30. The SMILES string of the molecule is O=C(Nc1ccc(-c2cn3ccsc3n2)cc1)[C@H]1CCCO1. The number of rotatable bonds is 3. The Bertz CT molecular complexity index is 772. The van der Waals surface area contributed by atoms with Crippen LogP contribution in [0.1, 0.15) is 12.8 Å². The summed E-state index contributed by atoms with van der Waals surface area (Å²) in [5.74, 6) is -0.0623. The quantitative estimate of drug-likeness (QED) is 0.808. The second-order valence-corrected chi connectivity index (χ2v) is 6.16. The molecule has 6 heteroatoms. The van der Waals surface area contributed by atoms with Crippen LogP contribution < -0.4 is 5.32 Å². The maximum atomic E-state index is 12.0. The largest absolute Gasteiger partial charge is 0.368 e. The van der Waals surface area contributed by atoms with Crippen LogP contribution in [0.15, 0.2) is 42.0 Å². The van der Waals surface area contributed by atoms with Crippen LogP contribution in [0.25, 0.3) is 16.2 Å². The Morgan fingerprint density at radius 1 is 1.36 bits per heavy atom. The molecule has 0 saturated carbocycles. The number of hydrogen-bond acceptors (Lipinski definition) is 4. The number of carbonyl (C=O) groups is 1. The minimum Gasteiger partial charge on any atom is -0.368 e. The van der Waals surface area contributed by atoms with Crippen molar-refractivity contribution >= 4 is 27.9 Å². The fourth-order valence-electron chi connectivity index (χ4n) is 2.60. The first-order valence-electron chi connectivity index (χ1n) is 7.25. The topological polar surface area (TPSA) is 55.6 Å². The third-order valence-corrected chi connectivity index (χ3v) is 4.53. The van der Waals surface area contributed by atoms with Crippen LogP contribution in [-0.4, -0.2) is 28.0 Å². The van der Waals surface area contributed by atoms with Gasteiger partial charge in [-0.15, -0.1) is 11.3 Å². The van der Waals surface area contributed by atoms with Crippen molar-refractivity contribution in [2.75, 3.05) is 11.9 Å². The number of aromatic nitrogens is 2. The first-order chi connectivity index (χ1) is 10.8. The number of ether oxygens (including phenoxy) is 1. The summed E-state index contributed by atoms with van der Waals surface area (Å²) in [6.07, 6.45) is 5.45. The fraction of sp³-hybridized carbons (Fsp3) is 0.250. The van der Waals surface area contributed by atoms with Gasteiger partial charge in [-0.3, -0.25) is 9.20 Å². The lowest BCUT2D eigenvalue weighted by atomic mass is 10.1. The smallest absolute Gasteiger partial charge is 0.253 e. The average Bonchev–Trinajstić information content (AvgIpc) is 3.24. The molecule has 0 radical (unpaired) electrons. The normalized spacial score (nSPS) is 17.9. The van der Waals surface area contributed by atoms with Crippen LogP contribution >= 0.6 is 11.3 Å². The van der Waals surface area contributed by atoms with Gasteiger partial charge in [0.05, 0.1) is 5.69 Å². The highest BCUT2D eigenvalue weighted by Gasteiger charge is 2.23. The molecule has 3 heterocycles. The van der Waals surface area contributed by atoms with Gasteiger partial charge in [0.25, 0.3) is 5.91 Å². The molecule has 22 heavy (non-hydrogen) atoms. The van der Waals surface area contributed by atoms with E-state index in [0.717, 1.165) is 34.7 Å². The number of anilines is 1. The van der Waals surface area contributed by atoms with Gasteiger partial charge in [-0.25, -0.2) is 4.98 Å². The van der Waals surface area contributed by atoms with Gasteiger partial charge in [0.15, 0.2) is 4.96 Å². The molecule has 1 fully saturated rings. The first-order valence-corrected chi connectivity index (χ1v) is 8.13. The molecule has 0 bridgehead atoms. The van der Waals surface area contributed by atoms with E-state index in [1.165, 1.54) is 0 Å². The van der Waals surface area contributed by atoms with Crippen LogP contribution in [-0.2, 0) is 9.53 Å². The monoisotopic (exact) mass is 313 g/mol. The molecule has 4 rings (SSSR count). The van der Waals surface area contributed by atoms with E-state index < -0.39 is 0 Å². The molecule has 1 saturated heterocycles. The lowest BCUT2D eigenvalue weighted by molar-refractivity contribution is -0.124. The molecule has 1 aromatic carbocycles. The lowest BCUT2D eigenvalue weighted by Crippen LogP contribution is -2.26. The van der Waals surface area contributed by atoms with Gasteiger partial charge < -0.3 is 10.1 Å². The van der Waals surface area contributed by atoms with Crippen molar-refractivity contribution in [3.05, 3.63) is 42.0 Å². The first kappa shape index (κ1) is 13.5. The molecular formula is C16H15N3O2S. The van der Waals surface area contributed by atoms with Crippen molar-refractivity contribution in [2.45, 2.75) is 18.9 Å². The summed E-state index contributed by atoms with van der Waals surface area (Å²) in [5, 5.41) is 4.91. The zero-order valence-electron chi connectivity index (χ0n) is 11.9. The van der Waals surface area contributed by atoms with E-state index in [2.05, 4.69) is 10.3 Å². The Labute approximate surface area is 131 Å². The van der Waals surface area contributed by atoms with Crippen LogP contribution in [0.3, 0.4) is 0 Å². The molecule has 1 atom stereocenters. The van der Waals surface area contributed by atoms with Gasteiger partial charge >= 0.3 is 0 Å². The third-order valence-electron chi connectivity index (χ3n) is 3.76. The molecule has 2 aromatic heterocycles. The highest BCUT2D eigenvalue weighted by atomic mass is 32.1. The van der Waals surface area contributed by atoms with E-state index in [1.54, 1.807) is 11.3 Å². The number of imidazole rings is 1. The zero-order valence-corrected chi connectivity index (χ0v) is 12.7. The Morgan fingerprint density at radius 3 is 2.95 bits per heavy atom. The van der Waals surface area contributed by atoms with Crippen LogP contribution in [0.5, 0.6) is 0 Å². The standard InChI is InChI=1S/C16H15N3O2S/c20-15(14-2-1-8-21-14)17-12-5-3-11(4-6-12)13-10-19-7-9-22-16(19)18-13/h3-7,9-10,14H,1-2,8H2,(H,17,20)/t14-/m1/s1. The van der Waals surface area contributed by atoms with Gasteiger partial charge in [0.1, 0.15) is 6.10 Å². The van der Waals surface area contributed by atoms with Crippen molar-refractivity contribution in [2.24, 2.45) is 0 Å². The Hall–Kier alpha value is -2.18. The van der Waals surface area contributed by atoms with Crippen molar-refractivity contribution in [1.29, 1.82) is 0 Å². The zero-order chi connectivity index (χ0) is 14.9. The van der Waals surface area contributed by atoms with E-state index in [4.69, 9.17) is 4.74 Å². The highest BCUT2D eigenvalue weighted by molar-refractivity contribution is 7.15. The number of fused-ring (bicyclic) bond motifs is 1. The molecule has 1 N–H and O–H groups in total. The van der Waals surface area contributed by atoms with Gasteiger partial charge in [0, 0.05) is 35.6 Å². The second-order valence-electron chi connectivity index (χ2n) is 5.29. The predicted molar refractivity (Wildman–Crippen MR) is 86.1 cm³/mol. The number of hydrogen-bond donors (Lipinski definition) is 1. The number of benzene rings is 1. The number of carbonyl (C=O) groups excluding carboxylic acids is 1. The van der Waals surface area contributed by atoms with Gasteiger partial charge in [-0.1, -0.05) is 12.1 Å². The molecule has 3 aromatic rings. The molecule has 112 valence electrons. The van der Waals surface area contributed by atoms with Gasteiger partial charge in [0.2, 0.25) is 0 Å². The maximum absolute atomic E-state index is 12.0. The summed E-state index contributed by atoms with van der Waals surface area (Å²) in [6.45, 7) is 0.675. The average molecular weight is 313 g/mol. The molecule has 1 aliphatic rings. The summed E-state index contributed by atoms with van der Waals surface area (Å²) in [6, 6.07) is 7.74. The number of thiazole rings is 1. The number of nitrogens with zero attached hydrogens (tertiary/aromatic N) is 2. The molecule has 1 aliphatic heterocycles. The second kappa shape index (κ2) is 5.55. The van der Waals surface area contributed by atoms with Gasteiger partial charge in [-0.05, 0) is 25.0 Å². The molecule has 0 aliphatic carbocycles. The number of nitrogens with one attached hydrogen (secondary N) is 1. The molecule has 0 spiro atoms. The summed E-state index contributed by atoms with van der Waals surface area (Å²) in [7, 11) is 0. The summed E-state index contributed by atoms with van der Waals surface area (Å²) in [4.78, 5) is 17.6. The molecule has 1 amide bonds. The number of amides is 1. The van der Waals surface area contributed by atoms with Crippen molar-refractivity contribution in [1.82, 2.24) is 9.38 Å². The van der Waals surface area contributed by atoms with Gasteiger partial charge in [-0.2, -0.15) is 0 Å². The maximum Gasteiger partial charge on any atom is 0.253 e. The van der Waals surface area contributed by atoms with E-state index in [9.17, 15) is 4.79 Å².